The van der Waals surface area contributed by atoms with Gasteiger partial charge in [-0.05, 0) is 23.0 Å². The van der Waals surface area contributed by atoms with Crippen LogP contribution in [0.2, 0.25) is 0 Å². The lowest BCUT2D eigenvalue weighted by atomic mass is 9.94. The van der Waals surface area contributed by atoms with Crippen LogP contribution in [0.4, 0.5) is 0 Å². The number of hydrogen-bond acceptors (Lipinski definition) is 2. The van der Waals surface area contributed by atoms with Crippen molar-refractivity contribution >= 4 is 0 Å². The molecule has 0 fully saturated rings. The first kappa shape index (κ1) is 17.0. The predicted octanol–water partition coefficient (Wildman–Crippen LogP) is 2.26. The summed E-state index contributed by atoms with van der Waals surface area (Å²) in [4.78, 5) is 0. The predicted molar refractivity (Wildman–Crippen MR) is 83.5 cm³/mol. The van der Waals surface area contributed by atoms with Crippen LogP contribution in [0.15, 0.2) is 18.2 Å². The molecule has 0 aliphatic rings. The van der Waals surface area contributed by atoms with E-state index in [0.29, 0.717) is 11.8 Å². The summed E-state index contributed by atoms with van der Waals surface area (Å²) in [5.41, 5.74) is 2.60. The van der Waals surface area contributed by atoms with E-state index >= 15 is 0 Å². The SMILES string of the molecule is CC(C)c1cccc(C(C)C)c1OCCC[NH2+]CCO. The molecule has 0 atom stereocenters. The third-order valence-corrected chi connectivity index (χ3v) is 3.45. The van der Waals surface area contributed by atoms with Crippen molar-refractivity contribution in [2.75, 3.05) is 26.3 Å². The van der Waals surface area contributed by atoms with E-state index in [1.807, 2.05) is 0 Å². The van der Waals surface area contributed by atoms with Crippen LogP contribution < -0.4 is 10.1 Å². The minimum absolute atomic E-state index is 0.245. The number of nitrogens with two attached hydrogens (primary N) is 1. The Labute approximate surface area is 123 Å². The molecule has 3 heteroatoms. The fourth-order valence-electron chi connectivity index (χ4n) is 2.29. The maximum absolute atomic E-state index is 8.73. The van der Waals surface area contributed by atoms with Crippen molar-refractivity contribution in [2.24, 2.45) is 0 Å². The highest BCUT2D eigenvalue weighted by molar-refractivity contribution is 5.44. The average molecular weight is 280 g/mol. The molecule has 0 spiro atoms. The van der Waals surface area contributed by atoms with Crippen molar-refractivity contribution in [1.29, 1.82) is 0 Å². The molecular weight excluding hydrogens is 250 g/mol. The second-order valence-electron chi connectivity index (χ2n) is 5.87. The third kappa shape index (κ3) is 5.14. The minimum atomic E-state index is 0.245. The number of aliphatic hydroxyl groups is 1. The van der Waals surface area contributed by atoms with Gasteiger partial charge in [-0.2, -0.15) is 0 Å². The molecule has 1 aromatic carbocycles. The number of aliphatic hydroxyl groups excluding tert-OH is 1. The van der Waals surface area contributed by atoms with Gasteiger partial charge in [0.2, 0.25) is 0 Å². The van der Waals surface area contributed by atoms with E-state index in [2.05, 4.69) is 51.2 Å². The van der Waals surface area contributed by atoms with Gasteiger partial charge < -0.3 is 15.2 Å². The van der Waals surface area contributed by atoms with E-state index in [-0.39, 0.29) is 6.61 Å². The maximum Gasteiger partial charge on any atom is 0.126 e. The largest absolute Gasteiger partial charge is 0.493 e. The van der Waals surface area contributed by atoms with E-state index in [9.17, 15) is 0 Å². The summed E-state index contributed by atoms with van der Waals surface area (Å²) < 4.78 is 6.09. The highest BCUT2D eigenvalue weighted by Crippen LogP contribution is 2.34. The molecule has 0 bridgehead atoms. The summed E-state index contributed by atoms with van der Waals surface area (Å²) in [5, 5.41) is 10.9. The van der Waals surface area contributed by atoms with Crippen molar-refractivity contribution in [1.82, 2.24) is 0 Å². The zero-order valence-corrected chi connectivity index (χ0v) is 13.4. The monoisotopic (exact) mass is 280 g/mol. The molecular formula is C17H30NO2+. The molecule has 0 aliphatic carbocycles. The van der Waals surface area contributed by atoms with Crippen LogP contribution in [0.3, 0.4) is 0 Å². The standard InChI is InChI=1S/C17H29NO2/c1-13(2)15-7-5-8-16(14(3)4)17(15)20-12-6-9-18-10-11-19/h5,7-8,13-14,18-19H,6,9-12H2,1-4H3/p+1. The van der Waals surface area contributed by atoms with Gasteiger partial charge in [0, 0.05) is 6.42 Å². The Bertz CT molecular complexity index is 362. The molecule has 0 aliphatic heterocycles. The number of rotatable bonds is 9. The van der Waals surface area contributed by atoms with Gasteiger partial charge in [0.1, 0.15) is 5.75 Å². The highest BCUT2D eigenvalue weighted by Gasteiger charge is 2.14. The summed E-state index contributed by atoms with van der Waals surface area (Å²) in [6.07, 6.45) is 1.00. The van der Waals surface area contributed by atoms with E-state index in [1.165, 1.54) is 11.1 Å². The van der Waals surface area contributed by atoms with Gasteiger partial charge in [0.15, 0.2) is 0 Å². The van der Waals surface area contributed by atoms with Crippen molar-refractivity contribution in [3.63, 3.8) is 0 Å². The summed E-state index contributed by atoms with van der Waals surface area (Å²) in [7, 11) is 0. The smallest absolute Gasteiger partial charge is 0.126 e. The number of benzene rings is 1. The molecule has 0 saturated carbocycles. The number of quaternary nitrogens is 1. The van der Waals surface area contributed by atoms with Gasteiger partial charge >= 0.3 is 0 Å². The summed E-state index contributed by atoms with van der Waals surface area (Å²) in [6.45, 7) is 11.6. The van der Waals surface area contributed by atoms with Gasteiger partial charge in [-0.3, -0.25) is 0 Å². The van der Waals surface area contributed by atoms with Gasteiger partial charge in [-0.25, -0.2) is 0 Å². The average Bonchev–Trinajstić information content (AvgIpc) is 2.42. The zero-order valence-electron chi connectivity index (χ0n) is 13.4. The normalized spacial score (nSPS) is 11.3. The van der Waals surface area contributed by atoms with E-state index < -0.39 is 0 Å². The van der Waals surface area contributed by atoms with Crippen LogP contribution in [0, 0.1) is 0 Å². The van der Waals surface area contributed by atoms with Crippen molar-refractivity contribution in [2.45, 2.75) is 46.0 Å². The van der Waals surface area contributed by atoms with E-state index in [4.69, 9.17) is 9.84 Å². The minimum Gasteiger partial charge on any atom is -0.493 e. The van der Waals surface area contributed by atoms with E-state index in [1.54, 1.807) is 0 Å². The van der Waals surface area contributed by atoms with Crippen molar-refractivity contribution in [3.05, 3.63) is 29.3 Å². The summed E-state index contributed by atoms with van der Waals surface area (Å²) >= 11 is 0. The molecule has 0 heterocycles. The van der Waals surface area contributed by atoms with Gasteiger partial charge in [0.05, 0.1) is 26.3 Å². The Morgan fingerprint density at radius 1 is 1.05 bits per heavy atom. The lowest BCUT2D eigenvalue weighted by molar-refractivity contribution is -0.656. The fourth-order valence-corrected chi connectivity index (χ4v) is 2.29. The lowest BCUT2D eigenvalue weighted by Gasteiger charge is -2.19. The second kappa shape index (κ2) is 8.98. The number of para-hydroxylation sites is 1. The molecule has 0 unspecified atom stereocenters. The first-order chi connectivity index (χ1) is 9.57. The van der Waals surface area contributed by atoms with Crippen molar-refractivity contribution < 1.29 is 15.2 Å². The molecule has 1 aromatic rings. The lowest BCUT2D eigenvalue weighted by Crippen LogP contribution is -2.85. The summed E-state index contributed by atoms with van der Waals surface area (Å²) in [6, 6.07) is 6.47. The van der Waals surface area contributed by atoms with Gasteiger partial charge in [0.25, 0.3) is 0 Å². The Morgan fingerprint density at radius 2 is 1.65 bits per heavy atom. The molecule has 3 nitrogen and oxygen atoms in total. The van der Waals surface area contributed by atoms with Crippen LogP contribution in [0.25, 0.3) is 0 Å². The van der Waals surface area contributed by atoms with Crippen molar-refractivity contribution in [3.8, 4) is 5.75 Å². The quantitative estimate of drug-likeness (QED) is 0.682. The number of ether oxygens (including phenoxy) is 1. The van der Waals surface area contributed by atoms with Crippen LogP contribution in [-0.2, 0) is 0 Å². The van der Waals surface area contributed by atoms with Gasteiger partial charge in [-0.1, -0.05) is 45.9 Å². The molecule has 0 radical (unpaired) electrons. The first-order valence-corrected chi connectivity index (χ1v) is 7.76. The molecule has 114 valence electrons. The fraction of sp³-hybridized carbons (Fsp3) is 0.647. The van der Waals surface area contributed by atoms with E-state index in [0.717, 1.165) is 31.9 Å². The molecule has 1 rings (SSSR count). The van der Waals surface area contributed by atoms with Crippen LogP contribution >= 0.6 is 0 Å². The highest BCUT2D eigenvalue weighted by atomic mass is 16.5. The molecule has 0 aromatic heterocycles. The topological polar surface area (TPSA) is 46.1 Å². The molecule has 0 saturated heterocycles. The van der Waals surface area contributed by atoms with Crippen LogP contribution in [-0.4, -0.2) is 31.4 Å². The maximum atomic E-state index is 8.73. The Balaban J connectivity index is 2.66. The molecule has 3 N–H and O–H groups in total. The Hall–Kier alpha value is -1.06. The summed E-state index contributed by atoms with van der Waals surface area (Å²) in [5.74, 6) is 2.04. The molecule has 20 heavy (non-hydrogen) atoms. The number of hydrogen-bond donors (Lipinski definition) is 2. The Morgan fingerprint density at radius 3 is 2.15 bits per heavy atom. The second-order valence-corrected chi connectivity index (χ2v) is 5.87. The van der Waals surface area contributed by atoms with Gasteiger partial charge in [-0.15, -0.1) is 0 Å². The first-order valence-electron chi connectivity index (χ1n) is 7.76. The zero-order chi connectivity index (χ0) is 15.0. The van der Waals surface area contributed by atoms with Crippen LogP contribution in [0.1, 0.15) is 57.1 Å². The third-order valence-electron chi connectivity index (χ3n) is 3.45. The van der Waals surface area contributed by atoms with Crippen LogP contribution in [0.5, 0.6) is 5.75 Å². The Kier molecular flexibility index (Phi) is 7.63. The molecule has 0 amide bonds.